The van der Waals surface area contributed by atoms with E-state index in [9.17, 15) is 9.59 Å². The van der Waals surface area contributed by atoms with E-state index < -0.39 is 5.60 Å². The highest BCUT2D eigenvalue weighted by Gasteiger charge is 2.41. The molecule has 2 aliphatic rings. The summed E-state index contributed by atoms with van der Waals surface area (Å²) in [6.45, 7) is 9.92. The first-order valence-corrected chi connectivity index (χ1v) is 10.7. The van der Waals surface area contributed by atoms with Crippen LogP contribution >= 0.6 is 0 Å². The zero-order valence-corrected chi connectivity index (χ0v) is 18.1. The number of benzene rings is 1. The molecular formula is C23H30N4O3. The second-order valence-electron chi connectivity index (χ2n) is 8.55. The lowest BCUT2D eigenvalue weighted by Gasteiger charge is -2.42. The van der Waals surface area contributed by atoms with Crippen LogP contribution in [0.4, 0.5) is 0 Å². The summed E-state index contributed by atoms with van der Waals surface area (Å²) in [6.07, 6.45) is 1.75. The number of likely N-dealkylation sites (tertiary alicyclic amines) is 1. The number of rotatable bonds is 3. The van der Waals surface area contributed by atoms with Crippen LogP contribution in [0.1, 0.15) is 36.6 Å². The minimum atomic E-state index is -0.396. The van der Waals surface area contributed by atoms with Gasteiger partial charge in [-0.2, -0.15) is 5.10 Å². The van der Waals surface area contributed by atoms with E-state index in [1.54, 1.807) is 6.07 Å². The summed E-state index contributed by atoms with van der Waals surface area (Å²) in [5.41, 5.74) is 2.21. The summed E-state index contributed by atoms with van der Waals surface area (Å²) >= 11 is 0. The molecule has 2 aliphatic heterocycles. The maximum Gasteiger partial charge on any atom is 0.267 e. The van der Waals surface area contributed by atoms with Crippen molar-refractivity contribution in [2.45, 2.75) is 52.3 Å². The summed E-state index contributed by atoms with van der Waals surface area (Å²) in [5.74, 6) is 0.761. The topological polar surface area (TPSA) is 67.7 Å². The van der Waals surface area contributed by atoms with Gasteiger partial charge in [0.15, 0.2) is 0 Å². The number of carbonyl (C=O) groups excluding carboxylic acids is 1. The van der Waals surface area contributed by atoms with E-state index in [0.717, 1.165) is 49.4 Å². The summed E-state index contributed by atoms with van der Waals surface area (Å²) in [7, 11) is 0. The highest BCUT2D eigenvalue weighted by molar-refractivity contribution is 5.76. The fourth-order valence-corrected chi connectivity index (χ4v) is 4.41. The number of aryl methyl sites for hydroxylation is 2. The Kier molecular flexibility index (Phi) is 5.64. The molecule has 4 rings (SSSR count). The molecule has 0 unspecified atom stereocenters. The highest BCUT2D eigenvalue weighted by atomic mass is 16.5. The van der Waals surface area contributed by atoms with Crippen molar-refractivity contribution in [3.8, 4) is 5.75 Å². The van der Waals surface area contributed by atoms with Gasteiger partial charge in [0.1, 0.15) is 17.9 Å². The minimum absolute atomic E-state index is 0.0567. The summed E-state index contributed by atoms with van der Waals surface area (Å²) < 4.78 is 7.86. The fourth-order valence-electron chi connectivity index (χ4n) is 4.41. The molecule has 160 valence electrons. The molecular weight excluding hydrogens is 380 g/mol. The molecule has 0 atom stereocenters. The Balaban J connectivity index is 1.63. The van der Waals surface area contributed by atoms with Crippen molar-refractivity contribution in [2.24, 2.45) is 0 Å². The van der Waals surface area contributed by atoms with Gasteiger partial charge >= 0.3 is 0 Å². The van der Waals surface area contributed by atoms with Gasteiger partial charge in [-0.15, -0.1) is 0 Å². The molecule has 7 nitrogen and oxygen atoms in total. The van der Waals surface area contributed by atoms with Crippen LogP contribution in [0.2, 0.25) is 0 Å². The van der Waals surface area contributed by atoms with Gasteiger partial charge in [0.2, 0.25) is 5.91 Å². The molecule has 0 bridgehead atoms. The molecule has 1 spiro atoms. The lowest BCUT2D eigenvalue weighted by molar-refractivity contribution is -0.136. The van der Waals surface area contributed by atoms with Crippen LogP contribution in [0, 0.1) is 13.8 Å². The average Bonchev–Trinajstić information content (AvgIpc) is 2.88. The van der Waals surface area contributed by atoms with Crippen LogP contribution < -0.4 is 10.3 Å². The molecule has 1 aromatic carbocycles. The molecule has 2 aromatic rings. The van der Waals surface area contributed by atoms with Crippen molar-refractivity contribution in [3.63, 3.8) is 0 Å². The third-order valence-corrected chi connectivity index (χ3v) is 6.23. The van der Waals surface area contributed by atoms with Gasteiger partial charge in [-0.1, -0.05) is 24.6 Å². The molecule has 3 heterocycles. The number of ether oxygens (including phenoxy) is 1. The number of piperidine rings is 1. The molecule has 30 heavy (non-hydrogen) atoms. The van der Waals surface area contributed by atoms with Crippen molar-refractivity contribution in [1.29, 1.82) is 0 Å². The number of hydrogen-bond acceptors (Lipinski definition) is 5. The molecule has 0 aliphatic carbocycles. The predicted octanol–water partition coefficient (Wildman–Crippen LogP) is 2.14. The largest absolute Gasteiger partial charge is 0.485 e. The Labute approximate surface area is 177 Å². The van der Waals surface area contributed by atoms with Crippen molar-refractivity contribution in [1.82, 2.24) is 19.6 Å². The summed E-state index contributed by atoms with van der Waals surface area (Å²) in [5, 5.41) is 4.23. The summed E-state index contributed by atoms with van der Waals surface area (Å²) in [6, 6.07) is 9.30. The quantitative estimate of drug-likeness (QED) is 0.776. The molecule has 1 aromatic heterocycles. The van der Waals surface area contributed by atoms with Gasteiger partial charge in [0, 0.05) is 44.1 Å². The Bertz CT molecular complexity index is 992. The van der Waals surface area contributed by atoms with Crippen LogP contribution in [-0.4, -0.2) is 57.3 Å². The molecule has 0 saturated carbocycles. The van der Waals surface area contributed by atoms with Crippen LogP contribution in [0.5, 0.6) is 5.75 Å². The van der Waals surface area contributed by atoms with E-state index in [2.05, 4.69) is 29.1 Å². The SMILES string of the molecule is CCN1CCC2(CC1)CN(C(=O)Cn1nc(C)ccc1=O)Cc1cc(C)ccc1O2. The number of carbonyl (C=O) groups is 1. The molecule has 1 saturated heterocycles. The van der Waals surface area contributed by atoms with Gasteiger partial charge in [0.05, 0.1) is 12.2 Å². The summed E-state index contributed by atoms with van der Waals surface area (Å²) in [4.78, 5) is 29.7. The second kappa shape index (κ2) is 8.22. The normalized spacial score (nSPS) is 18.6. The standard InChI is InChI=1S/C23H30N4O3/c1-4-25-11-9-23(10-12-25)16-26(14-19-13-17(2)5-7-20(19)30-23)22(29)15-27-21(28)8-6-18(3)24-27/h5-8,13H,4,9-12,14-16H2,1-3H3. The Morgan fingerprint density at radius 1 is 1.17 bits per heavy atom. The zero-order valence-electron chi connectivity index (χ0n) is 18.1. The Hall–Kier alpha value is -2.67. The molecule has 1 fully saturated rings. The first-order valence-electron chi connectivity index (χ1n) is 10.7. The fraction of sp³-hybridized carbons (Fsp3) is 0.522. The number of fused-ring (bicyclic) bond motifs is 1. The van der Waals surface area contributed by atoms with Crippen LogP contribution in [0.15, 0.2) is 35.1 Å². The molecule has 0 radical (unpaired) electrons. The number of amides is 1. The van der Waals surface area contributed by atoms with Crippen molar-refractivity contribution in [2.75, 3.05) is 26.2 Å². The van der Waals surface area contributed by atoms with Gasteiger partial charge < -0.3 is 14.5 Å². The van der Waals surface area contributed by atoms with Crippen LogP contribution in [0.3, 0.4) is 0 Å². The van der Waals surface area contributed by atoms with Crippen molar-refractivity contribution < 1.29 is 9.53 Å². The Morgan fingerprint density at radius 2 is 1.93 bits per heavy atom. The smallest absolute Gasteiger partial charge is 0.267 e. The first kappa shape index (κ1) is 20.6. The zero-order chi connectivity index (χ0) is 21.3. The van der Waals surface area contributed by atoms with E-state index in [0.29, 0.717) is 18.8 Å². The number of hydrogen-bond donors (Lipinski definition) is 0. The lowest BCUT2D eigenvalue weighted by Crippen LogP contribution is -2.54. The van der Waals surface area contributed by atoms with E-state index in [-0.39, 0.29) is 18.0 Å². The maximum atomic E-state index is 13.3. The van der Waals surface area contributed by atoms with E-state index >= 15 is 0 Å². The third kappa shape index (κ3) is 4.26. The van der Waals surface area contributed by atoms with E-state index in [1.807, 2.05) is 24.8 Å². The third-order valence-electron chi connectivity index (χ3n) is 6.23. The van der Waals surface area contributed by atoms with E-state index in [4.69, 9.17) is 4.74 Å². The van der Waals surface area contributed by atoms with Gasteiger partial charge in [-0.05, 0) is 32.5 Å². The van der Waals surface area contributed by atoms with Gasteiger partial charge in [-0.3, -0.25) is 9.59 Å². The monoisotopic (exact) mass is 410 g/mol. The highest BCUT2D eigenvalue weighted by Crippen LogP contribution is 2.36. The van der Waals surface area contributed by atoms with E-state index in [1.165, 1.54) is 10.7 Å². The van der Waals surface area contributed by atoms with Crippen molar-refractivity contribution >= 4 is 5.91 Å². The van der Waals surface area contributed by atoms with Crippen molar-refractivity contribution in [3.05, 3.63) is 57.5 Å². The van der Waals surface area contributed by atoms with Gasteiger partial charge in [-0.25, -0.2) is 4.68 Å². The molecule has 7 heteroatoms. The minimum Gasteiger partial charge on any atom is -0.485 e. The lowest BCUT2D eigenvalue weighted by atomic mass is 9.90. The van der Waals surface area contributed by atoms with Gasteiger partial charge in [0.25, 0.3) is 5.56 Å². The number of aromatic nitrogens is 2. The van der Waals surface area contributed by atoms with Crippen LogP contribution in [0.25, 0.3) is 0 Å². The molecule has 1 amide bonds. The second-order valence-corrected chi connectivity index (χ2v) is 8.55. The average molecular weight is 411 g/mol. The number of nitrogens with zero attached hydrogens (tertiary/aromatic N) is 4. The van der Waals surface area contributed by atoms with Crippen LogP contribution in [-0.2, 0) is 17.9 Å². The maximum absolute atomic E-state index is 13.3. The predicted molar refractivity (Wildman–Crippen MR) is 115 cm³/mol. The molecule has 0 N–H and O–H groups in total. The Morgan fingerprint density at radius 3 is 2.67 bits per heavy atom. The first-order chi connectivity index (χ1) is 14.4.